The summed E-state index contributed by atoms with van der Waals surface area (Å²) in [6.45, 7) is 1.69. The van der Waals surface area contributed by atoms with Crippen LogP contribution >= 0.6 is 0 Å². The SMILES string of the molecule is O=C(C1CCC1)N1CCOC[C@H](Oc2ccc(C(F)(F)F)cc2)C1. The lowest BCUT2D eigenvalue weighted by atomic mass is 9.84. The largest absolute Gasteiger partial charge is 0.486 e. The summed E-state index contributed by atoms with van der Waals surface area (Å²) in [5.41, 5.74) is -0.714. The van der Waals surface area contributed by atoms with Crippen LogP contribution in [0, 0.1) is 5.92 Å². The number of hydrogen-bond acceptors (Lipinski definition) is 3. The number of alkyl halides is 3. The molecule has 3 rings (SSSR count). The molecular weight excluding hydrogens is 323 g/mol. The number of carbonyl (C=O) groups is 1. The third kappa shape index (κ3) is 4.01. The van der Waals surface area contributed by atoms with Crippen LogP contribution in [0.15, 0.2) is 24.3 Å². The molecule has 1 aliphatic carbocycles. The third-order valence-electron chi connectivity index (χ3n) is 4.48. The molecule has 1 heterocycles. The minimum atomic E-state index is -4.37. The Morgan fingerprint density at radius 1 is 1.21 bits per heavy atom. The van der Waals surface area contributed by atoms with Gasteiger partial charge in [-0.25, -0.2) is 0 Å². The molecule has 0 radical (unpaired) electrons. The second-order valence-electron chi connectivity index (χ2n) is 6.25. The highest BCUT2D eigenvalue weighted by molar-refractivity contribution is 5.79. The topological polar surface area (TPSA) is 38.8 Å². The Hall–Kier alpha value is -1.76. The molecule has 0 aromatic heterocycles. The monoisotopic (exact) mass is 343 g/mol. The van der Waals surface area contributed by atoms with Crippen molar-refractivity contribution in [1.82, 2.24) is 4.90 Å². The third-order valence-corrected chi connectivity index (χ3v) is 4.48. The molecule has 1 saturated heterocycles. The van der Waals surface area contributed by atoms with E-state index in [4.69, 9.17) is 9.47 Å². The molecule has 1 saturated carbocycles. The first-order chi connectivity index (χ1) is 11.4. The molecule has 2 aliphatic rings. The van der Waals surface area contributed by atoms with E-state index in [-0.39, 0.29) is 17.9 Å². The first-order valence-electron chi connectivity index (χ1n) is 8.14. The summed E-state index contributed by atoms with van der Waals surface area (Å²) in [6.07, 6.45) is -1.79. The highest BCUT2D eigenvalue weighted by Gasteiger charge is 2.33. The fourth-order valence-electron chi connectivity index (χ4n) is 2.88. The van der Waals surface area contributed by atoms with E-state index in [0.717, 1.165) is 31.4 Å². The predicted molar refractivity (Wildman–Crippen MR) is 80.6 cm³/mol. The Bertz CT molecular complexity index is 569. The van der Waals surface area contributed by atoms with Gasteiger partial charge in [-0.1, -0.05) is 6.42 Å². The molecule has 1 atom stereocenters. The molecule has 1 aromatic carbocycles. The summed E-state index contributed by atoms with van der Waals surface area (Å²) in [5.74, 6) is 0.581. The lowest BCUT2D eigenvalue weighted by Gasteiger charge is -2.32. The van der Waals surface area contributed by atoms with E-state index in [0.29, 0.717) is 32.1 Å². The molecule has 1 aromatic rings. The first kappa shape index (κ1) is 17.1. The van der Waals surface area contributed by atoms with Crippen LogP contribution in [0.3, 0.4) is 0 Å². The van der Waals surface area contributed by atoms with E-state index in [9.17, 15) is 18.0 Å². The standard InChI is InChI=1S/C17H20F3NO3/c18-17(19,20)13-4-6-14(7-5-13)24-15-10-21(8-9-23-11-15)16(22)12-2-1-3-12/h4-7,12,15H,1-3,8-11H2/t15-/m1/s1. The van der Waals surface area contributed by atoms with E-state index < -0.39 is 11.7 Å². The molecule has 7 heteroatoms. The maximum absolute atomic E-state index is 12.6. The van der Waals surface area contributed by atoms with Crippen LogP contribution in [0.2, 0.25) is 0 Å². The quantitative estimate of drug-likeness (QED) is 0.846. The molecule has 132 valence electrons. The van der Waals surface area contributed by atoms with Gasteiger partial charge in [-0.15, -0.1) is 0 Å². The van der Waals surface area contributed by atoms with E-state index in [2.05, 4.69) is 0 Å². The van der Waals surface area contributed by atoms with Gasteiger partial charge in [0.25, 0.3) is 0 Å². The second-order valence-corrected chi connectivity index (χ2v) is 6.25. The molecule has 0 spiro atoms. The van der Waals surface area contributed by atoms with Gasteiger partial charge in [0.05, 0.1) is 25.3 Å². The Balaban J connectivity index is 1.61. The van der Waals surface area contributed by atoms with Crippen molar-refractivity contribution >= 4 is 5.91 Å². The van der Waals surface area contributed by atoms with Gasteiger partial charge in [0, 0.05) is 12.5 Å². The van der Waals surface area contributed by atoms with Crippen LogP contribution in [-0.2, 0) is 15.7 Å². The Morgan fingerprint density at radius 3 is 2.50 bits per heavy atom. The number of nitrogens with zero attached hydrogens (tertiary/aromatic N) is 1. The van der Waals surface area contributed by atoms with Gasteiger partial charge >= 0.3 is 6.18 Å². The first-order valence-corrected chi connectivity index (χ1v) is 8.14. The van der Waals surface area contributed by atoms with Gasteiger partial charge in [-0.05, 0) is 37.1 Å². The predicted octanol–water partition coefficient (Wildman–Crippen LogP) is 3.11. The zero-order valence-electron chi connectivity index (χ0n) is 13.2. The van der Waals surface area contributed by atoms with E-state index >= 15 is 0 Å². The average Bonchev–Trinajstić information content (AvgIpc) is 2.71. The molecule has 0 N–H and O–H groups in total. The number of hydrogen-bond donors (Lipinski definition) is 0. The van der Waals surface area contributed by atoms with Crippen molar-refractivity contribution < 1.29 is 27.4 Å². The fourth-order valence-corrected chi connectivity index (χ4v) is 2.88. The molecule has 0 bridgehead atoms. The van der Waals surface area contributed by atoms with Gasteiger partial charge in [0.15, 0.2) is 0 Å². The van der Waals surface area contributed by atoms with E-state index in [1.807, 2.05) is 0 Å². The summed E-state index contributed by atoms with van der Waals surface area (Å²) in [4.78, 5) is 14.1. The highest BCUT2D eigenvalue weighted by Crippen LogP contribution is 2.31. The van der Waals surface area contributed by atoms with E-state index in [1.54, 1.807) is 4.90 Å². The van der Waals surface area contributed by atoms with Crippen molar-refractivity contribution in [3.8, 4) is 5.75 Å². The lowest BCUT2D eigenvalue weighted by molar-refractivity contribution is -0.139. The zero-order chi connectivity index (χ0) is 17.2. The maximum atomic E-state index is 12.6. The summed E-state index contributed by atoms with van der Waals surface area (Å²) in [7, 11) is 0. The van der Waals surface area contributed by atoms with Crippen LogP contribution in [0.25, 0.3) is 0 Å². The van der Waals surface area contributed by atoms with Crippen molar-refractivity contribution in [1.29, 1.82) is 0 Å². The molecule has 1 aliphatic heterocycles. The van der Waals surface area contributed by atoms with Crippen LogP contribution in [0.4, 0.5) is 13.2 Å². The summed E-state index contributed by atoms with van der Waals surface area (Å²) in [5, 5.41) is 0. The number of amides is 1. The normalized spacial score (nSPS) is 22.6. The summed E-state index contributed by atoms with van der Waals surface area (Å²) >= 11 is 0. The van der Waals surface area contributed by atoms with Crippen LogP contribution in [0.1, 0.15) is 24.8 Å². The van der Waals surface area contributed by atoms with Crippen LogP contribution < -0.4 is 4.74 Å². The number of ether oxygens (including phenoxy) is 2. The minimum Gasteiger partial charge on any atom is -0.486 e. The summed E-state index contributed by atoms with van der Waals surface area (Å²) in [6, 6.07) is 4.58. The molecule has 0 unspecified atom stereocenters. The number of rotatable bonds is 3. The van der Waals surface area contributed by atoms with Crippen molar-refractivity contribution in [2.45, 2.75) is 31.5 Å². The molecule has 2 fully saturated rings. The van der Waals surface area contributed by atoms with Crippen molar-refractivity contribution in [3.05, 3.63) is 29.8 Å². The van der Waals surface area contributed by atoms with Gasteiger partial charge in [0.1, 0.15) is 11.9 Å². The van der Waals surface area contributed by atoms with Crippen molar-refractivity contribution in [2.75, 3.05) is 26.3 Å². The Morgan fingerprint density at radius 2 is 1.92 bits per heavy atom. The van der Waals surface area contributed by atoms with E-state index in [1.165, 1.54) is 12.1 Å². The maximum Gasteiger partial charge on any atom is 0.416 e. The van der Waals surface area contributed by atoms with Crippen LogP contribution in [-0.4, -0.2) is 43.2 Å². The molecule has 24 heavy (non-hydrogen) atoms. The Kier molecular flexibility index (Phi) is 4.99. The highest BCUT2D eigenvalue weighted by atomic mass is 19.4. The van der Waals surface area contributed by atoms with Gasteiger partial charge in [-0.2, -0.15) is 13.2 Å². The Labute approximate surface area is 138 Å². The lowest BCUT2D eigenvalue weighted by Crippen LogP contribution is -2.44. The van der Waals surface area contributed by atoms with Gasteiger partial charge < -0.3 is 14.4 Å². The second kappa shape index (κ2) is 7.01. The smallest absolute Gasteiger partial charge is 0.416 e. The summed E-state index contributed by atoms with van der Waals surface area (Å²) < 4.78 is 48.9. The number of benzene rings is 1. The fraction of sp³-hybridized carbons (Fsp3) is 0.588. The van der Waals surface area contributed by atoms with Crippen molar-refractivity contribution in [3.63, 3.8) is 0 Å². The van der Waals surface area contributed by atoms with Gasteiger partial charge in [0.2, 0.25) is 5.91 Å². The van der Waals surface area contributed by atoms with Crippen LogP contribution in [0.5, 0.6) is 5.75 Å². The minimum absolute atomic E-state index is 0.106. The average molecular weight is 343 g/mol. The number of carbonyl (C=O) groups excluding carboxylic acids is 1. The zero-order valence-corrected chi connectivity index (χ0v) is 13.2. The molecule has 4 nitrogen and oxygen atoms in total. The number of halogens is 3. The molecule has 1 amide bonds. The van der Waals surface area contributed by atoms with Gasteiger partial charge in [-0.3, -0.25) is 4.79 Å². The molecular formula is C17H20F3NO3. The van der Waals surface area contributed by atoms with Crippen molar-refractivity contribution in [2.24, 2.45) is 5.92 Å².